The van der Waals surface area contributed by atoms with Crippen LogP contribution in [0.25, 0.3) is 0 Å². The molecule has 2 N–H and O–H groups in total. The summed E-state index contributed by atoms with van der Waals surface area (Å²) in [6.07, 6.45) is 1.67. The lowest BCUT2D eigenvalue weighted by Crippen LogP contribution is -2.52. The molecule has 3 amide bonds. The molecule has 29 heavy (non-hydrogen) atoms. The smallest absolute Gasteiger partial charge is 0.255 e. The number of hydrogen-bond donors (Lipinski definition) is 2. The molecule has 5 rings (SSSR count). The molecule has 4 aliphatic heterocycles. The number of nitrogens with one attached hydrogen (secondary N) is 2. The van der Waals surface area contributed by atoms with Gasteiger partial charge in [-0.05, 0) is 30.0 Å². The Hall–Kier alpha value is -2.29. The summed E-state index contributed by atoms with van der Waals surface area (Å²) in [7, 11) is 0. The Morgan fingerprint density at radius 2 is 2.14 bits per heavy atom. The van der Waals surface area contributed by atoms with Crippen molar-refractivity contribution in [3.05, 3.63) is 34.9 Å². The second-order valence-corrected chi connectivity index (χ2v) is 8.51. The summed E-state index contributed by atoms with van der Waals surface area (Å²) >= 11 is 0. The van der Waals surface area contributed by atoms with Gasteiger partial charge in [-0.15, -0.1) is 0 Å². The zero-order valence-electron chi connectivity index (χ0n) is 16.4. The number of carbonyl (C=O) groups is 3. The Balaban J connectivity index is 1.32. The van der Waals surface area contributed by atoms with Crippen molar-refractivity contribution in [3.63, 3.8) is 0 Å². The van der Waals surface area contributed by atoms with E-state index in [1.807, 2.05) is 12.1 Å². The number of ether oxygens (including phenoxy) is 1. The van der Waals surface area contributed by atoms with E-state index in [9.17, 15) is 14.4 Å². The molecular weight excluding hydrogens is 372 g/mol. The summed E-state index contributed by atoms with van der Waals surface area (Å²) < 4.78 is 6.08. The highest BCUT2D eigenvalue weighted by atomic mass is 16.5. The fraction of sp³-hybridized carbons (Fsp3) is 0.571. The molecule has 8 nitrogen and oxygen atoms in total. The van der Waals surface area contributed by atoms with Gasteiger partial charge in [0.05, 0.1) is 12.2 Å². The molecule has 2 atom stereocenters. The van der Waals surface area contributed by atoms with Crippen molar-refractivity contribution < 1.29 is 19.1 Å². The van der Waals surface area contributed by atoms with Crippen LogP contribution < -0.4 is 10.6 Å². The highest BCUT2D eigenvalue weighted by molar-refractivity contribution is 6.05. The predicted octanol–water partition coefficient (Wildman–Crippen LogP) is 0.0119. The number of imide groups is 1. The number of fused-ring (bicyclic) bond motifs is 1. The van der Waals surface area contributed by atoms with E-state index >= 15 is 0 Å². The van der Waals surface area contributed by atoms with Crippen molar-refractivity contribution in [1.29, 1.82) is 0 Å². The molecule has 0 bridgehead atoms. The fourth-order valence-electron chi connectivity index (χ4n) is 5.07. The molecule has 2 unspecified atom stereocenters. The molecule has 0 saturated carbocycles. The number of likely N-dealkylation sites (tertiary alicyclic amines) is 1. The Bertz CT molecular complexity index is 864. The number of carbonyl (C=O) groups excluding carboxylic acids is 3. The van der Waals surface area contributed by atoms with Gasteiger partial charge >= 0.3 is 0 Å². The lowest BCUT2D eigenvalue weighted by molar-refractivity contribution is -0.136. The van der Waals surface area contributed by atoms with Crippen molar-refractivity contribution in [2.24, 2.45) is 0 Å². The van der Waals surface area contributed by atoms with Crippen molar-refractivity contribution in [2.75, 3.05) is 32.8 Å². The second-order valence-electron chi connectivity index (χ2n) is 8.51. The average Bonchev–Trinajstić information content (AvgIpc) is 3.25. The largest absolute Gasteiger partial charge is 0.371 e. The second kappa shape index (κ2) is 7.19. The average molecular weight is 398 g/mol. The lowest BCUT2D eigenvalue weighted by atomic mass is 10.0. The Labute approximate surface area is 169 Å². The zero-order valence-corrected chi connectivity index (χ0v) is 16.4. The SMILES string of the molecule is O=C1CCC(N2Cc3c(CN4CCC5(CNCCO5)C4)cccc3C2=O)C(=O)N1. The van der Waals surface area contributed by atoms with E-state index in [1.54, 1.807) is 4.90 Å². The van der Waals surface area contributed by atoms with Gasteiger partial charge in [-0.1, -0.05) is 12.1 Å². The third-order valence-electron chi connectivity index (χ3n) is 6.60. The van der Waals surface area contributed by atoms with Gasteiger partial charge in [-0.25, -0.2) is 0 Å². The van der Waals surface area contributed by atoms with Crippen LogP contribution in [0.15, 0.2) is 18.2 Å². The van der Waals surface area contributed by atoms with E-state index in [0.717, 1.165) is 56.9 Å². The first kappa shape index (κ1) is 18.7. The maximum Gasteiger partial charge on any atom is 0.255 e. The minimum atomic E-state index is -0.572. The number of benzene rings is 1. The Morgan fingerprint density at radius 3 is 2.93 bits per heavy atom. The van der Waals surface area contributed by atoms with Gasteiger partial charge in [0.15, 0.2) is 0 Å². The van der Waals surface area contributed by atoms with E-state index in [1.165, 1.54) is 0 Å². The molecular formula is C21H26N4O4. The van der Waals surface area contributed by atoms with Crippen LogP contribution in [0.2, 0.25) is 0 Å². The predicted molar refractivity (Wildman–Crippen MR) is 104 cm³/mol. The van der Waals surface area contributed by atoms with Crippen molar-refractivity contribution in [3.8, 4) is 0 Å². The van der Waals surface area contributed by atoms with E-state index in [2.05, 4.69) is 21.6 Å². The van der Waals surface area contributed by atoms with Crippen LogP contribution in [0, 0.1) is 0 Å². The highest BCUT2D eigenvalue weighted by Gasteiger charge is 2.42. The van der Waals surface area contributed by atoms with Crippen molar-refractivity contribution in [1.82, 2.24) is 20.4 Å². The van der Waals surface area contributed by atoms with Gasteiger partial charge in [0.2, 0.25) is 11.8 Å². The van der Waals surface area contributed by atoms with Gasteiger partial charge in [0, 0.05) is 51.3 Å². The third kappa shape index (κ3) is 3.35. The minimum absolute atomic E-state index is 0.0925. The normalized spacial score (nSPS) is 30.1. The molecule has 1 aromatic carbocycles. The Kier molecular flexibility index (Phi) is 4.64. The van der Waals surface area contributed by atoms with Gasteiger partial charge in [-0.3, -0.25) is 24.6 Å². The summed E-state index contributed by atoms with van der Waals surface area (Å²) in [5.41, 5.74) is 2.72. The molecule has 1 spiro atoms. The van der Waals surface area contributed by atoms with Crippen molar-refractivity contribution in [2.45, 2.75) is 44.0 Å². The van der Waals surface area contributed by atoms with Gasteiger partial charge in [0.25, 0.3) is 5.91 Å². The maximum atomic E-state index is 13.0. The third-order valence-corrected chi connectivity index (χ3v) is 6.60. The molecule has 8 heteroatoms. The molecule has 4 aliphatic rings. The summed E-state index contributed by atoms with van der Waals surface area (Å²) in [4.78, 5) is 40.7. The van der Waals surface area contributed by atoms with E-state index < -0.39 is 6.04 Å². The first-order valence-electron chi connectivity index (χ1n) is 10.4. The van der Waals surface area contributed by atoms with Crippen LogP contribution >= 0.6 is 0 Å². The first-order valence-corrected chi connectivity index (χ1v) is 10.4. The molecule has 1 aromatic rings. The van der Waals surface area contributed by atoms with Crippen LogP contribution in [-0.2, 0) is 27.4 Å². The quantitative estimate of drug-likeness (QED) is 0.698. The van der Waals surface area contributed by atoms with Crippen molar-refractivity contribution >= 4 is 17.7 Å². The number of hydrogen-bond acceptors (Lipinski definition) is 6. The number of rotatable bonds is 3. The van der Waals surface area contributed by atoms with Crippen LogP contribution in [-0.4, -0.2) is 72.0 Å². The summed E-state index contributed by atoms with van der Waals surface area (Å²) in [5, 5.41) is 5.79. The van der Waals surface area contributed by atoms with Crippen LogP contribution in [0.3, 0.4) is 0 Å². The van der Waals surface area contributed by atoms with Gasteiger partial charge < -0.3 is 15.0 Å². The summed E-state index contributed by atoms with van der Waals surface area (Å²) in [6.45, 7) is 5.59. The van der Waals surface area contributed by atoms with Gasteiger partial charge in [0.1, 0.15) is 6.04 Å². The molecule has 3 saturated heterocycles. The highest BCUT2D eigenvalue weighted by Crippen LogP contribution is 2.32. The number of morpholine rings is 1. The molecule has 154 valence electrons. The van der Waals surface area contributed by atoms with Crippen LogP contribution in [0.5, 0.6) is 0 Å². The number of amides is 3. The fourth-order valence-corrected chi connectivity index (χ4v) is 5.07. The van der Waals surface area contributed by atoms with E-state index in [4.69, 9.17) is 4.74 Å². The van der Waals surface area contributed by atoms with E-state index in [-0.39, 0.29) is 29.7 Å². The standard InChI is InChI=1S/C21H26N4O4/c26-18-5-4-17(19(27)23-18)25-11-16-14(2-1-3-15(16)20(25)28)10-24-8-6-21(13-24)12-22-7-9-29-21/h1-3,17,22H,4-13H2,(H,23,26,27). The number of piperidine rings is 1. The summed E-state index contributed by atoms with van der Waals surface area (Å²) in [6, 6.07) is 5.26. The Morgan fingerprint density at radius 1 is 1.24 bits per heavy atom. The topological polar surface area (TPSA) is 91.0 Å². The maximum absolute atomic E-state index is 13.0. The molecule has 0 aliphatic carbocycles. The van der Waals surface area contributed by atoms with Gasteiger partial charge in [-0.2, -0.15) is 0 Å². The summed E-state index contributed by atoms with van der Waals surface area (Å²) in [5.74, 6) is -0.750. The molecule has 0 aromatic heterocycles. The zero-order chi connectivity index (χ0) is 20.0. The minimum Gasteiger partial charge on any atom is -0.371 e. The van der Waals surface area contributed by atoms with E-state index in [0.29, 0.717) is 18.5 Å². The molecule has 0 radical (unpaired) electrons. The van der Waals surface area contributed by atoms with Crippen LogP contribution in [0.1, 0.15) is 40.7 Å². The lowest BCUT2D eigenvalue weighted by Gasteiger charge is -2.34. The molecule has 3 fully saturated rings. The first-order chi connectivity index (χ1) is 14.0. The van der Waals surface area contributed by atoms with Crippen LogP contribution in [0.4, 0.5) is 0 Å². The number of nitrogens with zero attached hydrogens (tertiary/aromatic N) is 2. The monoisotopic (exact) mass is 398 g/mol. The molecule has 4 heterocycles.